The van der Waals surface area contributed by atoms with Crippen molar-refractivity contribution in [2.45, 2.75) is 26.4 Å². The van der Waals surface area contributed by atoms with Crippen molar-refractivity contribution in [1.29, 1.82) is 0 Å². The molecule has 0 unspecified atom stereocenters. The second kappa shape index (κ2) is 6.52. The molecule has 0 aliphatic heterocycles. The Morgan fingerprint density at radius 2 is 1.85 bits per heavy atom. The third kappa shape index (κ3) is 3.57. The molecule has 1 N–H and O–H groups in total. The first-order chi connectivity index (χ1) is 9.60. The molecule has 0 spiro atoms. The number of hydrogen-bond donors (Lipinski definition) is 1. The van der Waals surface area contributed by atoms with Crippen LogP contribution in [-0.4, -0.2) is 28.0 Å². The molecule has 0 aliphatic rings. The fourth-order valence-electron chi connectivity index (χ4n) is 1.84. The number of nitrogens with one attached hydrogen (secondary N) is 1. The predicted molar refractivity (Wildman–Crippen MR) is 82.1 cm³/mol. The third-order valence-corrected chi connectivity index (χ3v) is 3.06. The fraction of sp³-hybridized carbons (Fsp3) is 0.357. The van der Waals surface area contributed by atoms with Gasteiger partial charge in [0.25, 0.3) is 0 Å². The predicted octanol–water partition coefficient (Wildman–Crippen LogP) is 2.98. The zero-order chi connectivity index (χ0) is 14.5. The van der Waals surface area contributed by atoms with Crippen molar-refractivity contribution in [2.75, 3.05) is 17.3 Å². The van der Waals surface area contributed by atoms with Crippen molar-refractivity contribution in [2.24, 2.45) is 0 Å². The summed E-state index contributed by atoms with van der Waals surface area (Å²) >= 11 is 5.95. The summed E-state index contributed by atoms with van der Waals surface area (Å²) in [4.78, 5) is 14.7. The molecule has 0 fully saturated rings. The molecule has 5 nitrogen and oxygen atoms in total. The molecule has 20 heavy (non-hydrogen) atoms. The van der Waals surface area contributed by atoms with E-state index < -0.39 is 0 Å². The molecule has 6 heteroatoms. The van der Waals surface area contributed by atoms with Gasteiger partial charge in [-0.25, -0.2) is 0 Å². The molecule has 0 aliphatic carbocycles. The van der Waals surface area contributed by atoms with Gasteiger partial charge in [0.05, 0.1) is 0 Å². The lowest BCUT2D eigenvalue weighted by atomic mass is 10.2. The van der Waals surface area contributed by atoms with Gasteiger partial charge in [-0.15, -0.1) is 0 Å². The van der Waals surface area contributed by atoms with E-state index in [2.05, 4.69) is 51.1 Å². The molecule has 0 amide bonds. The number of hydrogen-bond acceptors (Lipinski definition) is 5. The van der Waals surface area contributed by atoms with E-state index in [0.29, 0.717) is 11.9 Å². The van der Waals surface area contributed by atoms with Gasteiger partial charge >= 0.3 is 0 Å². The first-order valence-corrected chi connectivity index (χ1v) is 6.88. The molecule has 1 aromatic carbocycles. The minimum Gasteiger partial charge on any atom is -0.357 e. The SMILES string of the molecule is CNc1nc(Cl)nc(N(Cc2ccccc2)C(C)C)n1. The summed E-state index contributed by atoms with van der Waals surface area (Å²) in [6.07, 6.45) is 0. The summed E-state index contributed by atoms with van der Waals surface area (Å²) < 4.78 is 0. The highest BCUT2D eigenvalue weighted by Gasteiger charge is 2.16. The minimum absolute atomic E-state index is 0.193. The third-order valence-electron chi connectivity index (χ3n) is 2.90. The Labute approximate surface area is 124 Å². The second-order valence-electron chi connectivity index (χ2n) is 4.69. The van der Waals surface area contributed by atoms with Crippen LogP contribution in [0.3, 0.4) is 0 Å². The van der Waals surface area contributed by atoms with Crippen molar-refractivity contribution in [3.8, 4) is 0 Å². The van der Waals surface area contributed by atoms with Crippen molar-refractivity contribution >= 4 is 23.5 Å². The zero-order valence-electron chi connectivity index (χ0n) is 11.8. The van der Waals surface area contributed by atoms with Gasteiger partial charge in [-0.05, 0) is 31.0 Å². The second-order valence-corrected chi connectivity index (χ2v) is 5.02. The van der Waals surface area contributed by atoms with Crippen LogP contribution in [0.5, 0.6) is 0 Å². The molecule has 0 saturated heterocycles. The van der Waals surface area contributed by atoms with E-state index in [1.54, 1.807) is 7.05 Å². The fourth-order valence-corrected chi connectivity index (χ4v) is 2.00. The topological polar surface area (TPSA) is 53.9 Å². The summed E-state index contributed by atoms with van der Waals surface area (Å²) in [6.45, 7) is 4.92. The van der Waals surface area contributed by atoms with Crippen molar-refractivity contribution in [1.82, 2.24) is 15.0 Å². The van der Waals surface area contributed by atoms with Crippen molar-refractivity contribution < 1.29 is 0 Å². The molecular weight excluding hydrogens is 274 g/mol. The highest BCUT2D eigenvalue weighted by molar-refractivity contribution is 6.28. The first kappa shape index (κ1) is 14.5. The lowest BCUT2D eigenvalue weighted by Gasteiger charge is -2.27. The van der Waals surface area contributed by atoms with Gasteiger partial charge in [-0.2, -0.15) is 15.0 Å². The molecule has 1 aromatic heterocycles. The maximum absolute atomic E-state index is 5.95. The number of rotatable bonds is 5. The highest BCUT2D eigenvalue weighted by Crippen LogP contribution is 2.18. The van der Waals surface area contributed by atoms with E-state index in [-0.39, 0.29) is 11.3 Å². The number of nitrogens with zero attached hydrogens (tertiary/aromatic N) is 4. The van der Waals surface area contributed by atoms with E-state index >= 15 is 0 Å². The number of anilines is 2. The monoisotopic (exact) mass is 291 g/mol. The van der Waals surface area contributed by atoms with Gasteiger partial charge in [0.15, 0.2) is 0 Å². The van der Waals surface area contributed by atoms with Crippen LogP contribution < -0.4 is 10.2 Å². The smallest absolute Gasteiger partial charge is 0.232 e. The van der Waals surface area contributed by atoms with Gasteiger partial charge in [0.1, 0.15) is 0 Å². The molecule has 106 valence electrons. The molecule has 2 aromatic rings. The zero-order valence-corrected chi connectivity index (χ0v) is 12.6. The van der Waals surface area contributed by atoms with Gasteiger partial charge in [0.2, 0.25) is 17.2 Å². The average molecular weight is 292 g/mol. The van der Waals surface area contributed by atoms with Crippen LogP contribution in [0.4, 0.5) is 11.9 Å². The van der Waals surface area contributed by atoms with Gasteiger partial charge < -0.3 is 10.2 Å². The standard InChI is InChI=1S/C14H18ClN5/c1-10(2)20(9-11-7-5-4-6-8-11)14-18-12(15)17-13(16-3)19-14/h4-8,10H,9H2,1-3H3,(H,16,17,18,19). The normalized spacial score (nSPS) is 10.7. The van der Waals surface area contributed by atoms with Crippen LogP contribution in [0.2, 0.25) is 5.28 Å². The maximum atomic E-state index is 5.95. The Hall–Kier alpha value is -1.88. The highest BCUT2D eigenvalue weighted by atomic mass is 35.5. The average Bonchev–Trinajstić information content (AvgIpc) is 2.44. The molecule has 2 rings (SSSR count). The quantitative estimate of drug-likeness (QED) is 0.918. The minimum atomic E-state index is 0.193. The van der Waals surface area contributed by atoms with Crippen LogP contribution in [0.25, 0.3) is 0 Å². The van der Waals surface area contributed by atoms with E-state index in [9.17, 15) is 0 Å². The Kier molecular flexibility index (Phi) is 4.74. The van der Waals surface area contributed by atoms with E-state index in [1.165, 1.54) is 5.56 Å². The Morgan fingerprint density at radius 1 is 1.15 bits per heavy atom. The van der Waals surface area contributed by atoms with Crippen LogP contribution in [0.1, 0.15) is 19.4 Å². The molecule has 1 heterocycles. The van der Waals surface area contributed by atoms with Gasteiger partial charge in [-0.1, -0.05) is 30.3 Å². The van der Waals surface area contributed by atoms with E-state index in [1.807, 2.05) is 18.2 Å². The first-order valence-electron chi connectivity index (χ1n) is 6.50. The molecule has 0 bridgehead atoms. The molecular formula is C14H18ClN5. The van der Waals surface area contributed by atoms with Crippen LogP contribution >= 0.6 is 11.6 Å². The van der Waals surface area contributed by atoms with E-state index in [4.69, 9.17) is 11.6 Å². The Morgan fingerprint density at radius 3 is 2.45 bits per heavy atom. The van der Waals surface area contributed by atoms with Crippen LogP contribution in [0.15, 0.2) is 30.3 Å². The Bertz CT molecular complexity index is 559. The van der Waals surface area contributed by atoms with Gasteiger partial charge in [0, 0.05) is 19.6 Å². The van der Waals surface area contributed by atoms with Gasteiger partial charge in [-0.3, -0.25) is 0 Å². The van der Waals surface area contributed by atoms with Crippen molar-refractivity contribution in [3.05, 3.63) is 41.2 Å². The lowest BCUT2D eigenvalue weighted by molar-refractivity contribution is 0.658. The summed E-state index contributed by atoms with van der Waals surface area (Å²) in [6, 6.07) is 10.5. The maximum Gasteiger partial charge on any atom is 0.232 e. The number of halogens is 1. The molecule has 0 radical (unpaired) electrons. The van der Waals surface area contributed by atoms with E-state index in [0.717, 1.165) is 6.54 Å². The summed E-state index contributed by atoms with van der Waals surface area (Å²) in [5, 5.41) is 3.09. The van der Waals surface area contributed by atoms with Crippen LogP contribution in [-0.2, 0) is 6.54 Å². The number of aromatic nitrogens is 3. The molecule has 0 saturated carbocycles. The summed E-state index contributed by atoms with van der Waals surface area (Å²) in [5.41, 5.74) is 1.20. The summed E-state index contributed by atoms with van der Waals surface area (Å²) in [5.74, 6) is 1.05. The lowest BCUT2D eigenvalue weighted by Crippen LogP contribution is -2.32. The largest absolute Gasteiger partial charge is 0.357 e. The Balaban J connectivity index is 2.31. The number of benzene rings is 1. The summed E-state index contributed by atoms with van der Waals surface area (Å²) in [7, 11) is 1.76. The molecule has 0 atom stereocenters. The van der Waals surface area contributed by atoms with Crippen molar-refractivity contribution in [3.63, 3.8) is 0 Å². The van der Waals surface area contributed by atoms with Crippen LogP contribution in [0, 0.1) is 0 Å².